The minimum atomic E-state index is -0.131. The molecule has 3 N–H and O–H groups in total. The fraction of sp³-hybridized carbons (Fsp3) is 0.647. The van der Waals surface area contributed by atoms with Gasteiger partial charge in [-0.3, -0.25) is 0 Å². The smallest absolute Gasteiger partial charge is 0.119 e. The molecule has 116 valence electrons. The molecular formula is C17H26N2O2. The maximum atomic E-state index is 6.19. The first-order valence-electron chi connectivity index (χ1n) is 8.01. The van der Waals surface area contributed by atoms with Gasteiger partial charge in [0.1, 0.15) is 5.75 Å². The van der Waals surface area contributed by atoms with Crippen molar-refractivity contribution < 1.29 is 9.47 Å². The molecule has 2 atom stereocenters. The van der Waals surface area contributed by atoms with E-state index in [1.807, 2.05) is 6.07 Å². The molecule has 0 saturated carbocycles. The molecule has 0 aromatic heterocycles. The highest BCUT2D eigenvalue weighted by Crippen LogP contribution is 2.37. The summed E-state index contributed by atoms with van der Waals surface area (Å²) < 4.78 is 11.1. The minimum Gasteiger partial charge on any atom is -0.497 e. The number of hydrogen-bond acceptors (Lipinski definition) is 4. The van der Waals surface area contributed by atoms with Gasteiger partial charge in [0.15, 0.2) is 0 Å². The lowest BCUT2D eigenvalue weighted by atomic mass is 9.76. The third-order valence-electron chi connectivity index (χ3n) is 4.92. The van der Waals surface area contributed by atoms with Crippen LogP contribution < -0.4 is 15.8 Å². The molecule has 1 aromatic carbocycles. The SMILES string of the molecule is COc1ccc2c(c1)C(CN)(NCC1CCCO1)CCC2. The van der Waals surface area contributed by atoms with Crippen LogP contribution in [0.15, 0.2) is 18.2 Å². The highest BCUT2D eigenvalue weighted by Gasteiger charge is 2.36. The van der Waals surface area contributed by atoms with Gasteiger partial charge in [0, 0.05) is 19.7 Å². The van der Waals surface area contributed by atoms with Gasteiger partial charge in [-0.15, -0.1) is 0 Å². The summed E-state index contributed by atoms with van der Waals surface area (Å²) in [5.41, 5.74) is 8.76. The quantitative estimate of drug-likeness (QED) is 0.870. The molecule has 1 saturated heterocycles. The molecule has 4 nitrogen and oxygen atoms in total. The summed E-state index contributed by atoms with van der Waals surface area (Å²) in [7, 11) is 1.72. The molecule has 1 aromatic rings. The Balaban J connectivity index is 1.84. The molecule has 0 spiro atoms. The number of hydrogen-bond donors (Lipinski definition) is 2. The van der Waals surface area contributed by atoms with Crippen LogP contribution in [0.5, 0.6) is 5.75 Å². The number of benzene rings is 1. The Morgan fingerprint density at radius 3 is 3.05 bits per heavy atom. The molecule has 3 rings (SSSR count). The van der Waals surface area contributed by atoms with E-state index in [2.05, 4.69) is 17.4 Å². The molecule has 1 fully saturated rings. The standard InChI is InChI=1S/C17H26N2O2/c1-20-14-7-6-13-4-2-8-17(12-18,16(13)10-14)19-11-15-5-3-9-21-15/h6-7,10,15,19H,2-5,8-9,11-12,18H2,1H3. The van der Waals surface area contributed by atoms with E-state index in [0.29, 0.717) is 12.6 Å². The zero-order valence-electron chi connectivity index (χ0n) is 12.9. The topological polar surface area (TPSA) is 56.5 Å². The molecule has 0 bridgehead atoms. The normalized spacial score (nSPS) is 28.4. The van der Waals surface area contributed by atoms with Gasteiger partial charge >= 0.3 is 0 Å². The second kappa shape index (κ2) is 6.34. The maximum absolute atomic E-state index is 6.19. The molecule has 1 aliphatic carbocycles. The van der Waals surface area contributed by atoms with E-state index in [-0.39, 0.29) is 5.54 Å². The predicted molar refractivity (Wildman–Crippen MR) is 83.6 cm³/mol. The summed E-state index contributed by atoms with van der Waals surface area (Å²) in [6.07, 6.45) is 6.04. The molecule has 2 aliphatic rings. The average Bonchev–Trinajstić information content (AvgIpc) is 3.06. The van der Waals surface area contributed by atoms with Crippen LogP contribution in [0.2, 0.25) is 0 Å². The number of nitrogens with one attached hydrogen (secondary N) is 1. The van der Waals surface area contributed by atoms with Crippen molar-refractivity contribution in [2.24, 2.45) is 5.73 Å². The van der Waals surface area contributed by atoms with Crippen molar-refractivity contribution in [3.63, 3.8) is 0 Å². The molecule has 0 radical (unpaired) electrons. The number of methoxy groups -OCH3 is 1. The van der Waals surface area contributed by atoms with E-state index in [0.717, 1.165) is 38.2 Å². The van der Waals surface area contributed by atoms with Crippen molar-refractivity contribution in [2.75, 3.05) is 26.8 Å². The zero-order valence-corrected chi connectivity index (χ0v) is 12.9. The van der Waals surface area contributed by atoms with Crippen LogP contribution in [0.1, 0.15) is 36.8 Å². The van der Waals surface area contributed by atoms with Crippen LogP contribution in [0.25, 0.3) is 0 Å². The number of aryl methyl sites for hydroxylation is 1. The van der Waals surface area contributed by atoms with Crippen LogP contribution in [0.3, 0.4) is 0 Å². The second-order valence-electron chi connectivity index (χ2n) is 6.18. The Bertz CT molecular complexity index is 486. The van der Waals surface area contributed by atoms with Crippen molar-refractivity contribution in [3.8, 4) is 5.75 Å². The number of fused-ring (bicyclic) bond motifs is 1. The first kappa shape index (κ1) is 14.8. The van der Waals surface area contributed by atoms with Crippen LogP contribution in [0, 0.1) is 0 Å². The van der Waals surface area contributed by atoms with E-state index in [1.165, 1.54) is 24.0 Å². The highest BCUT2D eigenvalue weighted by molar-refractivity contribution is 5.42. The van der Waals surface area contributed by atoms with Gasteiger partial charge in [0.25, 0.3) is 0 Å². The third-order valence-corrected chi connectivity index (χ3v) is 4.92. The minimum absolute atomic E-state index is 0.131. The van der Waals surface area contributed by atoms with Crippen molar-refractivity contribution in [1.82, 2.24) is 5.32 Å². The van der Waals surface area contributed by atoms with E-state index in [4.69, 9.17) is 15.2 Å². The van der Waals surface area contributed by atoms with Gasteiger partial charge in [-0.1, -0.05) is 6.07 Å². The van der Waals surface area contributed by atoms with Crippen molar-refractivity contribution in [3.05, 3.63) is 29.3 Å². The fourth-order valence-electron chi connectivity index (χ4n) is 3.64. The van der Waals surface area contributed by atoms with E-state index < -0.39 is 0 Å². The lowest BCUT2D eigenvalue weighted by molar-refractivity contribution is 0.0984. The van der Waals surface area contributed by atoms with Crippen molar-refractivity contribution in [2.45, 2.75) is 43.7 Å². The molecule has 1 aliphatic heterocycles. The number of rotatable bonds is 5. The van der Waals surface area contributed by atoms with Gasteiger partial charge in [-0.25, -0.2) is 0 Å². The highest BCUT2D eigenvalue weighted by atomic mass is 16.5. The summed E-state index contributed by atoms with van der Waals surface area (Å²) in [5, 5.41) is 3.73. The summed E-state index contributed by atoms with van der Waals surface area (Å²) in [5.74, 6) is 0.910. The molecule has 0 amide bonds. The zero-order chi connectivity index (χ0) is 14.7. The average molecular weight is 290 g/mol. The van der Waals surface area contributed by atoms with Crippen LogP contribution >= 0.6 is 0 Å². The molecule has 21 heavy (non-hydrogen) atoms. The summed E-state index contributed by atoms with van der Waals surface area (Å²) in [6.45, 7) is 2.39. The fourth-order valence-corrected chi connectivity index (χ4v) is 3.64. The summed E-state index contributed by atoms with van der Waals surface area (Å²) in [4.78, 5) is 0. The first-order chi connectivity index (χ1) is 10.3. The summed E-state index contributed by atoms with van der Waals surface area (Å²) >= 11 is 0. The van der Waals surface area contributed by atoms with Gasteiger partial charge in [-0.2, -0.15) is 0 Å². The van der Waals surface area contributed by atoms with E-state index >= 15 is 0 Å². The Kier molecular flexibility index (Phi) is 4.48. The Morgan fingerprint density at radius 1 is 1.43 bits per heavy atom. The van der Waals surface area contributed by atoms with Crippen molar-refractivity contribution in [1.29, 1.82) is 0 Å². The Hall–Kier alpha value is -1.10. The third kappa shape index (κ3) is 2.93. The second-order valence-corrected chi connectivity index (χ2v) is 6.18. The van der Waals surface area contributed by atoms with Gasteiger partial charge in [0.05, 0.1) is 18.8 Å². The lowest BCUT2D eigenvalue weighted by Crippen LogP contribution is -2.52. The largest absolute Gasteiger partial charge is 0.497 e. The van der Waals surface area contributed by atoms with E-state index in [9.17, 15) is 0 Å². The Labute approximate surface area is 127 Å². The summed E-state index contributed by atoms with van der Waals surface area (Å²) in [6, 6.07) is 6.39. The van der Waals surface area contributed by atoms with Gasteiger partial charge in [0.2, 0.25) is 0 Å². The van der Waals surface area contributed by atoms with Crippen LogP contribution in [-0.2, 0) is 16.7 Å². The molecule has 2 unspecified atom stereocenters. The number of ether oxygens (including phenoxy) is 2. The van der Waals surface area contributed by atoms with Crippen LogP contribution in [0.4, 0.5) is 0 Å². The van der Waals surface area contributed by atoms with Gasteiger partial charge in [-0.05, 0) is 55.4 Å². The molecule has 1 heterocycles. The maximum Gasteiger partial charge on any atom is 0.119 e. The van der Waals surface area contributed by atoms with Gasteiger partial charge < -0.3 is 20.5 Å². The number of nitrogens with two attached hydrogens (primary N) is 1. The van der Waals surface area contributed by atoms with Crippen molar-refractivity contribution >= 4 is 0 Å². The predicted octanol–water partition coefficient (Wildman–Crippen LogP) is 1.95. The first-order valence-corrected chi connectivity index (χ1v) is 8.01. The molecular weight excluding hydrogens is 264 g/mol. The molecule has 4 heteroatoms. The van der Waals surface area contributed by atoms with E-state index in [1.54, 1.807) is 7.11 Å². The van der Waals surface area contributed by atoms with Crippen LogP contribution in [-0.4, -0.2) is 32.9 Å². The lowest BCUT2D eigenvalue weighted by Gasteiger charge is -2.40. The Morgan fingerprint density at radius 2 is 2.33 bits per heavy atom. The monoisotopic (exact) mass is 290 g/mol.